The number of hydrogen-bond acceptors (Lipinski definition) is 3. The van der Waals surface area contributed by atoms with E-state index < -0.39 is 0 Å². The third-order valence-electron chi connectivity index (χ3n) is 4.96. The highest BCUT2D eigenvalue weighted by molar-refractivity contribution is 6.31. The molecule has 5 nitrogen and oxygen atoms in total. The zero-order valence-electron chi connectivity index (χ0n) is 15.0. The summed E-state index contributed by atoms with van der Waals surface area (Å²) >= 11 is 6.14. The molecule has 134 valence electrons. The molecule has 0 unspecified atom stereocenters. The monoisotopic (exact) mass is 369 g/mol. The molecule has 1 aromatic carbocycles. The topological polar surface area (TPSA) is 60.1 Å². The number of benzene rings is 1. The Morgan fingerprint density at radius 1 is 1.31 bits per heavy atom. The lowest BCUT2D eigenvalue weighted by Gasteiger charge is -2.09. The fraction of sp³-hybridized carbons (Fsp3) is 0.300. The van der Waals surface area contributed by atoms with Gasteiger partial charge in [-0.05, 0) is 50.5 Å². The molecule has 0 aliphatic heterocycles. The van der Waals surface area contributed by atoms with Gasteiger partial charge >= 0.3 is 0 Å². The number of fused-ring (bicyclic) bond motifs is 3. The molecule has 1 amide bonds. The summed E-state index contributed by atoms with van der Waals surface area (Å²) in [5.41, 5.74) is 5.46. The number of anilines is 1. The van der Waals surface area contributed by atoms with E-state index in [0.717, 1.165) is 47.5 Å². The van der Waals surface area contributed by atoms with Crippen molar-refractivity contribution in [1.29, 1.82) is 0 Å². The minimum absolute atomic E-state index is 0.265. The maximum atomic E-state index is 12.8. The first-order valence-corrected chi connectivity index (χ1v) is 9.12. The summed E-state index contributed by atoms with van der Waals surface area (Å²) in [4.78, 5) is 12.8. The number of hydrogen-bond donors (Lipinski definition) is 1. The van der Waals surface area contributed by atoms with E-state index in [1.54, 1.807) is 6.07 Å². The molecule has 1 aliphatic rings. The number of nitrogens with one attached hydrogen (secondary N) is 1. The van der Waals surface area contributed by atoms with Gasteiger partial charge in [-0.25, -0.2) is 0 Å². The van der Waals surface area contributed by atoms with Gasteiger partial charge in [-0.1, -0.05) is 17.7 Å². The molecule has 0 saturated heterocycles. The number of aryl methyl sites for hydroxylation is 3. The fourth-order valence-electron chi connectivity index (χ4n) is 3.46. The highest BCUT2D eigenvalue weighted by atomic mass is 35.5. The smallest absolute Gasteiger partial charge is 0.291 e. The van der Waals surface area contributed by atoms with Crippen molar-refractivity contribution in [2.24, 2.45) is 0 Å². The molecular weight excluding hydrogens is 350 g/mol. The number of carbonyl (C=O) groups is 1. The average Bonchev–Trinajstić information content (AvgIpc) is 3.19. The largest absolute Gasteiger partial charge is 0.455 e. The number of halogens is 1. The zero-order valence-corrected chi connectivity index (χ0v) is 15.8. The molecule has 0 bridgehead atoms. The predicted octanol–water partition coefficient (Wildman–Crippen LogP) is 4.78. The highest BCUT2D eigenvalue weighted by Crippen LogP contribution is 2.38. The molecule has 2 aromatic heterocycles. The van der Waals surface area contributed by atoms with Crippen LogP contribution in [0.2, 0.25) is 5.02 Å². The van der Waals surface area contributed by atoms with Gasteiger partial charge in [-0.15, -0.1) is 0 Å². The van der Waals surface area contributed by atoms with E-state index in [-0.39, 0.29) is 5.91 Å². The van der Waals surface area contributed by atoms with Crippen molar-refractivity contribution in [3.8, 4) is 11.3 Å². The Kier molecular flexibility index (Phi) is 4.11. The summed E-state index contributed by atoms with van der Waals surface area (Å²) in [6.45, 7) is 6.68. The summed E-state index contributed by atoms with van der Waals surface area (Å²) in [7, 11) is 0. The lowest BCUT2D eigenvalue weighted by molar-refractivity contribution is 0.0994. The SMILES string of the molecule is CCn1cc2c(n1)-c1c(oc(C(=O)Nc3cccc(Cl)c3C)c1C)CC2. The summed E-state index contributed by atoms with van der Waals surface area (Å²) < 4.78 is 7.88. The van der Waals surface area contributed by atoms with Crippen LogP contribution in [0.25, 0.3) is 11.3 Å². The van der Waals surface area contributed by atoms with E-state index in [4.69, 9.17) is 16.0 Å². The summed E-state index contributed by atoms with van der Waals surface area (Å²) in [6, 6.07) is 5.45. The van der Waals surface area contributed by atoms with E-state index in [0.29, 0.717) is 16.5 Å². The van der Waals surface area contributed by atoms with E-state index >= 15 is 0 Å². The van der Waals surface area contributed by atoms with E-state index in [9.17, 15) is 4.79 Å². The van der Waals surface area contributed by atoms with Gasteiger partial charge in [0.2, 0.25) is 0 Å². The van der Waals surface area contributed by atoms with Crippen molar-refractivity contribution in [3.63, 3.8) is 0 Å². The van der Waals surface area contributed by atoms with Crippen molar-refractivity contribution < 1.29 is 9.21 Å². The van der Waals surface area contributed by atoms with E-state index in [1.165, 1.54) is 5.56 Å². The van der Waals surface area contributed by atoms with Crippen LogP contribution in [0, 0.1) is 13.8 Å². The molecule has 0 fully saturated rings. The first-order valence-electron chi connectivity index (χ1n) is 8.75. The normalized spacial score (nSPS) is 12.6. The van der Waals surface area contributed by atoms with Crippen molar-refractivity contribution in [2.45, 2.75) is 40.2 Å². The molecule has 3 aromatic rings. The number of rotatable bonds is 3. The third kappa shape index (κ3) is 2.63. The molecule has 2 heterocycles. The third-order valence-corrected chi connectivity index (χ3v) is 5.37. The molecule has 1 N–H and O–H groups in total. The number of amides is 1. The summed E-state index contributed by atoms with van der Waals surface area (Å²) in [5.74, 6) is 0.913. The first-order chi connectivity index (χ1) is 12.5. The molecule has 4 rings (SSSR count). The summed E-state index contributed by atoms with van der Waals surface area (Å²) in [5, 5.41) is 8.19. The van der Waals surface area contributed by atoms with Crippen molar-refractivity contribution >= 4 is 23.2 Å². The van der Waals surface area contributed by atoms with Gasteiger partial charge in [0.15, 0.2) is 5.76 Å². The fourth-order valence-corrected chi connectivity index (χ4v) is 3.64. The molecule has 1 aliphatic carbocycles. The molecule has 0 atom stereocenters. The minimum Gasteiger partial charge on any atom is -0.455 e. The van der Waals surface area contributed by atoms with Crippen LogP contribution in [0.15, 0.2) is 28.8 Å². The average molecular weight is 370 g/mol. The Hall–Kier alpha value is -2.53. The molecule has 6 heteroatoms. The number of carbonyl (C=O) groups excluding carboxylic acids is 1. The van der Waals surface area contributed by atoms with Gasteiger partial charge < -0.3 is 9.73 Å². The molecule has 0 spiro atoms. The molecule has 0 radical (unpaired) electrons. The van der Waals surface area contributed by atoms with Crippen LogP contribution >= 0.6 is 11.6 Å². The van der Waals surface area contributed by atoms with Gasteiger partial charge in [0.05, 0.1) is 5.69 Å². The number of nitrogens with zero attached hydrogens (tertiary/aromatic N) is 2. The van der Waals surface area contributed by atoms with Gasteiger partial charge in [0, 0.05) is 41.0 Å². The minimum atomic E-state index is -0.265. The lowest BCUT2D eigenvalue weighted by Crippen LogP contribution is -2.13. The molecule has 26 heavy (non-hydrogen) atoms. The number of aromatic nitrogens is 2. The maximum Gasteiger partial charge on any atom is 0.291 e. The Labute approximate surface area is 157 Å². The Bertz CT molecular complexity index is 1020. The van der Waals surface area contributed by atoms with Crippen LogP contribution in [-0.2, 0) is 19.4 Å². The van der Waals surface area contributed by atoms with Crippen LogP contribution in [0.5, 0.6) is 0 Å². The molecule has 0 saturated carbocycles. The Balaban J connectivity index is 1.71. The molecular formula is C20H20ClN3O2. The van der Waals surface area contributed by atoms with Crippen molar-refractivity contribution in [1.82, 2.24) is 9.78 Å². The van der Waals surface area contributed by atoms with E-state index in [2.05, 4.69) is 23.5 Å². The van der Waals surface area contributed by atoms with Gasteiger partial charge in [0.25, 0.3) is 5.91 Å². The second-order valence-corrected chi connectivity index (χ2v) is 6.99. The maximum absolute atomic E-state index is 12.8. The summed E-state index contributed by atoms with van der Waals surface area (Å²) in [6.07, 6.45) is 3.74. The van der Waals surface area contributed by atoms with Crippen LogP contribution in [0.4, 0.5) is 5.69 Å². The Morgan fingerprint density at radius 3 is 2.88 bits per heavy atom. The van der Waals surface area contributed by atoms with Crippen LogP contribution in [-0.4, -0.2) is 15.7 Å². The zero-order chi connectivity index (χ0) is 18.4. The second-order valence-electron chi connectivity index (χ2n) is 6.58. The lowest BCUT2D eigenvalue weighted by atomic mass is 9.93. The first kappa shape index (κ1) is 16.9. The van der Waals surface area contributed by atoms with Gasteiger partial charge in [0.1, 0.15) is 5.76 Å². The standard InChI is InChI=1S/C20H20ClN3O2/c1-4-24-10-13-8-9-16-17(18(13)23-24)12(3)19(26-16)20(25)22-15-7-5-6-14(21)11(15)2/h5-7,10H,4,8-9H2,1-3H3,(H,22,25). The van der Waals surface area contributed by atoms with Crippen molar-refractivity contribution in [2.75, 3.05) is 5.32 Å². The quantitative estimate of drug-likeness (QED) is 0.722. The predicted molar refractivity (Wildman–Crippen MR) is 102 cm³/mol. The van der Waals surface area contributed by atoms with Gasteiger partial charge in [-0.2, -0.15) is 5.10 Å². The van der Waals surface area contributed by atoms with E-state index in [1.807, 2.05) is 30.7 Å². The van der Waals surface area contributed by atoms with Crippen LogP contribution in [0.3, 0.4) is 0 Å². The van der Waals surface area contributed by atoms with Gasteiger partial charge in [-0.3, -0.25) is 9.48 Å². The van der Waals surface area contributed by atoms with Crippen molar-refractivity contribution in [3.05, 3.63) is 57.6 Å². The highest BCUT2D eigenvalue weighted by Gasteiger charge is 2.29. The second kappa shape index (κ2) is 6.32. The number of furan rings is 1. The Morgan fingerprint density at radius 2 is 2.12 bits per heavy atom. The van der Waals surface area contributed by atoms with Crippen LogP contribution in [0.1, 0.15) is 39.9 Å². The van der Waals surface area contributed by atoms with Crippen LogP contribution < -0.4 is 5.32 Å².